The summed E-state index contributed by atoms with van der Waals surface area (Å²) in [5, 5.41) is 2.26. The van der Waals surface area contributed by atoms with Gasteiger partial charge in [0.05, 0.1) is 12.1 Å². The molecule has 2 rings (SSSR count). The minimum Gasteiger partial charge on any atom is -0.452 e. The van der Waals surface area contributed by atoms with Gasteiger partial charge in [0, 0.05) is 6.07 Å². The predicted molar refractivity (Wildman–Crippen MR) is 85.4 cm³/mol. The van der Waals surface area contributed by atoms with Gasteiger partial charge in [-0.25, -0.2) is 8.78 Å². The summed E-state index contributed by atoms with van der Waals surface area (Å²) in [5.74, 6) is -2.91. The Morgan fingerprint density at radius 3 is 2.54 bits per heavy atom. The second-order valence-corrected chi connectivity index (χ2v) is 5.35. The number of ether oxygens (including phenoxy) is 1. The van der Waals surface area contributed by atoms with Crippen LogP contribution >= 0.6 is 0 Å². The van der Waals surface area contributed by atoms with Crippen LogP contribution in [0.3, 0.4) is 0 Å². The van der Waals surface area contributed by atoms with E-state index < -0.39 is 29.6 Å². The lowest BCUT2D eigenvalue weighted by Crippen LogP contribution is -2.30. The molecule has 0 fully saturated rings. The van der Waals surface area contributed by atoms with E-state index >= 15 is 0 Å². The van der Waals surface area contributed by atoms with Gasteiger partial charge >= 0.3 is 5.97 Å². The Hall–Kier alpha value is -2.76. The van der Waals surface area contributed by atoms with E-state index in [9.17, 15) is 18.4 Å². The Morgan fingerprint density at radius 2 is 1.88 bits per heavy atom. The Bertz CT molecular complexity index is 762. The van der Waals surface area contributed by atoms with Crippen LogP contribution in [0.5, 0.6) is 0 Å². The number of esters is 1. The van der Waals surface area contributed by atoms with Crippen molar-refractivity contribution in [3.63, 3.8) is 0 Å². The monoisotopic (exact) mass is 333 g/mol. The lowest BCUT2D eigenvalue weighted by atomic mass is 10.1. The molecule has 126 valence electrons. The second kappa shape index (κ2) is 7.68. The number of halogens is 2. The van der Waals surface area contributed by atoms with Crippen molar-refractivity contribution in [2.24, 2.45) is 0 Å². The van der Waals surface area contributed by atoms with Crippen LogP contribution < -0.4 is 5.32 Å². The second-order valence-electron chi connectivity index (χ2n) is 5.35. The number of amides is 1. The molecule has 1 amide bonds. The smallest absolute Gasteiger partial charge is 0.311 e. The van der Waals surface area contributed by atoms with Crippen LogP contribution in [0.2, 0.25) is 0 Å². The molecule has 0 radical (unpaired) electrons. The van der Waals surface area contributed by atoms with Crippen molar-refractivity contribution in [1.82, 2.24) is 0 Å². The van der Waals surface area contributed by atoms with Crippen molar-refractivity contribution >= 4 is 17.6 Å². The van der Waals surface area contributed by atoms with E-state index in [1.165, 1.54) is 6.92 Å². The number of aryl methyl sites for hydroxylation is 1. The third-order valence-electron chi connectivity index (χ3n) is 3.46. The number of hydrogen-bond acceptors (Lipinski definition) is 3. The van der Waals surface area contributed by atoms with E-state index in [1.807, 2.05) is 25.1 Å². The molecular weight excluding hydrogens is 316 g/mol. The zero-order chi connectivity index (χ0) is 17.7. The van der Waals surface area contributed by atoms with E-state index in [2.05, 4.69) is 5.32 Å². The summed E-state index contributed by atoms with van der Waals surface area (Å²) >= 11 is 0. The average Bonchev–Trinajstić information content (AvgIpc) is 2.52. The quantitative estimate of drug-likeness (QED) is 0.854. The van der Waals surface area contributed by atoms with E-state index in [0.717, 1.165) is 23.3 Å². The Balaban J connectivity index is 1.93. The number of nitrogens with one attached hydrogen (secondary N) is 1. The summed E-state index contributed by atoms with van der Waals surface area (Å²) in [6.07, 6.45) is -1.07. The van der Waals surface area contributed by atoms with Gasteiger partial charge in [-0.1, -0.05) is 24.3 Å². The highest BCUT2D eigenvalue weighted by Gasteiger charge is 2.19. The number of anilines is 1. The summed E-state index contributed by atoms with van der Waals surface area (Å²) in [4.78, 5) is 23.9. The third kappa shape index (κ3) is 4.62. The maximum absolute atomic E-state index is 13.5. The number of carbonyl (C=O) groups is 2. The SMILES string of the molecule is Cc1ccccc1CC(=O)O[C@H](C)C(=O)Nc1ccc(F)cc1F. The van der Waals surface area contributed by atoms with Gasteiger partial charge in [0.15, 0.2) is 6.10 Å². The number of hydrogen-bond donors (Lipinski definition) is 1. The molecule has 0 saturated heterocycles. The third-order valence-corrected chi connectivity index (χ3v) is 3.46. The van der Waals surface area contributed by atoms with Gasteiger partial charge in [0.2, 0.25) is 0 Å². The molecule has 0 aliphatic carbocycles. The van der Waals surface area contributed by atoms with Crippen LogP contribution in [0.1, 0.15) is 18.1 Å². The molecule has 24 heavy (non-hydrogen) atoms. The molecule has 2 aromatic carbocycles. The Morgan fingerprint density at radius 1 is 1.17 bits per heavy atom. The molecule has 0 saturated carbocycles. The molecule has 1 N–H and O–H groups in total. The van der Waals surface area contributed by atoms with Gasteiger partial charge in [-0.15, -0.1) is 0 Å². The standard InChI is InChI=1S/C18H17F2NO3/c1-11-5-3-4-6-13(11)9-17(22)24-12(2)18(23)21-16-8-7-14(19)10-15(16)20/h3-8,10,12H,9H2,1-2H3,(H,21,23)/t12-/m1/s1. The molecule has 0 bridgehead atoms. The van der Waals surface area contributed by atoms with E-state index in [4.69, 9.17) is 4.74 Å². The average molecular weight is 333 g/mol. The molecule has 0 unspecified atom stereocenters. The molecular formula is C18H17F2NO3. The highest BCUT2D eigenvalue weighted by Crippen LogP contribution is 2.16. The van der Waals surface area contributed by atoms with Gasteiger partial charge in [-0.2, -0.15) is 0 Å². The highest BCUT2D eigenvalue weighted by molar-refractivity contribution is 5.95. The van der Waals surface area contributed by atoms with Gasteiger partial charge in [-0.05, 0) is 37.1 Å². The zero-order valence-corrected chi connectivity index (χ0v) is 13.3. The molecule has 0 aliphatic rings. The molecule has 0 spiro atoms. The number of carbonyl (C=O) groups excluding carboxylic acids is 2. The molecule has 1 atom stereocenters. The van der Waals surface area contributed by atoms with Gasteiger partial charge < -0.3 is 10.1 Å². The fourth-order valence-electron chi connectivity index (χ4n) is 2.08. The topological polar surface area (TPSA) is 55.4 Å². The Kier molecular flexibility index (Phi) is 5.63. The number of benzene rings is 2. The van der Waals surface area contributed by atoms with E-state index in [1.54, 1.807) is 6.07 Å². The van der Waals surface area contributed by atoms with Crippen molar-refractivity contribution in [1.29, 1.82) is 0 Å². The fraction of sp³-hybridized carbons (Fsp3) is 0.222. The van der Waals surface area contributed by atoms with E-state index in [0.29, 0.717) is 6.07 Å². The van der Waals surface area contributed by atoms with E-state index in [-0.39, 0.29) is 12.1 Å². The fourth-order valence-corrected chi connectivity index (χ4v) is 2.08. The first-order chi connectivity index (χ1) is 11.4. The Labute approximate surface area is 138 Å². The summed E-state index contributed by atoms with van der Waals surface area (Å²) in [7, 11) is 0. The van der Waals surface area contributed by atoms with Crippen molar-refractivity contribution in [2.75, 3.05) is 5.32 Å². The molecule has 0 aliphatic heterocycles. The van der Waals surface area contributed by atoms with Crippen LogP contribution in [0.4, 0.5) is 14.5 Å². The molecule has 0 heterocycles. The predicted octanol–water partition coefficient (Wildman–Crippen LogP) is 3.39. The lowest BCUT2D eigenvalue weighted by Gasteiger charge is -2.14. The highest BCUT2D eigenvalue weighted by atomic mass is 19.1. The van der Waals surface area contributed by atoms with Crippen molar-refractivity contribution in [2.45, 2.75) is 26.4 Å². The van der Waals surface area contributed by atoms with Crippen LogP contribution in [0, 0.1) is 18.6 Å². The lowest BCUT2D eigenvalue weighted by molar-refractivity contribution is -0.152. The summed E-state index contributed by atoms with van der Waals surface area (Å²) in [5.41, 5.74) is 1.57. The molecule has 6 heteroatoms. The first-order valence-corrected chi connectivity index (χ1v) is 7.36. The van der Waals surface area contributed by atoms with Crippen molar-refractivity contribution in [3.05, 3.63) is 65.2 Å². The van der Waals surface area contributed by atoms with Crippen molar-refractivity contribution in [3.8, 4) is 0 Å². The first-order valence-electron chi connectivity index (χ1n) is 7.36. The van der Waals surface area contributed by atoms with Gasteiger partial charge in [-0.3, -0.25) is 9.59 Å². The largest absolute Gasteiger partial charge is 0.452 e. The van der Waals surface area contributed by atoms with Crippen molar-refractivity contribution < 1.29 is 23.1 Å². The zero-order valence-electron chi connectivity index (χ0n) is 13.3. The van der Waals surface area contributed by atoms with Crippen LogP contribution in [-0.2, 0) is 20.7 Å². The normalized spacial score (nSPS) is 11.7. The molecule has 4 nitrogen and oxygen atoms in total. The van der Waals surface area contributed by atoms with Crippen LogP contribution in [0.15, 0.2) is 42.5 Å². The van der Waals surface area contributed by atoms with Gasteiger partial charge in [0.25, 0.3) is 5.91 Å². The molecule has 2 aromatic rings. The summed E-state index contributed by atoms with van der Waals surface area (Å²) in [6.45, 7) is 3.25. The summed E-state index contributed by atoms with van der Waals surface area (Å²) < 4.78 is 31.4. The number of rotatable bonds is 5. The maximum atomic E-state index is 13.5. The summed E-state index contributed by atoms with van der Waals surface area (Å²) in [6, 6.07) is 10.1. The minimum atomic E-state index is -1.11. The van der Waals surface area contributed by atoms with Gasteiger partial charge in [0.1, 0.15) is 11.6 Å². The minimum absolute atomic E-state index is 0.0369. The molecule has 0 aromatic heterocycles. The first kappa shape index (κ1) is 17.6. The van der Waals surface area contributed by atoms with Crippen LogP contribution in [-0.4, -0.2) is 18.0 Å². The van der Waals surface area contributed by atoms with Crippen LogP contribution in [0.25, 0.3) is 0 Å². The maximum Gasteiger partial charge on any atom is 0.311 e.